The molecule has 0 radical (unpaired) electrons. The summed E-state index contributed by atoms with van der Waals surface area (Å²) in [6.07, 6.45) is 10.3. The maximum Gasteiger partial charge on any atom is 0.0827 e. The quantitative estimate of drug-likeness (QED) is 0.0448. The Morgan fingerprint density at radius 3 is 0.630 bits per heavy atom. The number of rotatable bonds is 24. The molecule has 0 fully saturated rings. The monoisotopic (exact) mass is 996 g/mol. The van der Waals surface area contributed by atoms with E-state index in [1.807, 2.05) is 0 Å². The predicted molar refractivity (Wildman–Crippen MR) is 315 cm³/mol. The molecule has 0 aliphatic heterocycles. The van der Waals surface area contributed by atoms with Gasteiger partial charge >= 0.3 is 0 Å². The molecule has 0 saturated heterocycles. The summed E-state index contributed by atoms with van der Waals surface area (Å²) in [6, 6.07) is 34.9. The minimum absolute atomic E-state index is 1.12. The van der Waals surface area contributed by atoms with Crippen LogP contribution < -0.4 is 15.1 Å². The molecule has 6 rings (SSSR count). The third-order valence-corrected chi connectivity index (χ3v) is 17.8. The molecule has 0 saturated carbocycles. The second kappa shape index (κ2) is 31.7. The maximum absolute atomic E-state index is 8.42. The molecule has 0 N–H and O–H groups in total. The fraction of sp³-hybridized carbons (Fsp3) is 0.545. The first-order chi connectivity index (χ1) is 35.2. The van der Waals surface area contributed by atoms with Crippen molar-refractivity contribution in [1.29, 1.82) is 0 Å². The van der Waals surface area contributed by atoms with Crippen molar-refractivity contribution in [2.45, 2.75) is 162 Å². The number of quaternary nitrogens is 3. The van der Waals surface area contributed by atoms with Gasteiger partial charge in [-0.05, 0) is 183 Å². The zero-order valence-corrected chi connectivity index (χ0v) is 49.2. The summed E-state index contributed by atoms with van der Waals surface area (Å²) in [5.41, 5.74) is 13.6. The molecule has 0 atom stereocenters. The first-order valence-electron chi connectivity index (χ1n) is 29.3. The lowest BCUT2D eigenvalue weighted by Crippen LogP contribution is -2.56. The number of fused-ring (bicyclic) bond motifs is 3. The van der Waals surface area contributed by atoms with Gasteiger partial charge < -0.3 is 28.5 Å². The van der Waals surface area contributed by atoms with Crippen LogP contribution in [-0.4, -0.2) is 99.3 Å². The van der Waals surface area contributed by atoms with Crippen LogP contribution >= 0.6 is 0 Å². The first kappa shape index (κ1) is 63.2. The summed E-state index contributed by atoms with van der Waals surface area (Å²) in [7, 11) is -2.92. The van der Waals surface area contributed by atoms with Gasteiger partial charge in [-0.3, -0.25) is 7.32 Å². The summed E-state index contributed by atoms with van der Waals surface area (Å²) >= 11 is 0. The van der Waals surface area contributed by atoms with E-state index in [1.54, 1.807) is 0 Å². The number of aryl methyl sites for hydroxylation is 6. The predicted octanol–water partition coefficient (Wildman–Crippen LogP) is 12.2. The molecular weight excluding hydrogens is 894 g/mol. The highest BCUT2D eigenvalue weighted by Crippen LogP contribution is 2.31. The second-order valence-electron chi connectivity index (χ2n) is 20.4. The van der Waals surface area contributed by atoms with E-state index in [0.29, 0.717) is 0 Å². The molecular formula is C66H102BN3O3. The van der Waals surface area contributed by atoms with E-state index in [1.165, 1.54) is 194 Å². The highest BCUT2D eigenvalue weighted by Gasteiger charge is 2.24. The minimum Gasteiger partial charge on any atom is -0.907 e. The molecule has 0 spiro atoms. The van der Waals surface area contributed by atoms with Gasteiger partial charge in [0.25, 0.3) is 0 Å². The summed E-state index contributed by atoms with van der Waals surface area (Å²) in [4.78, 5) is 0. The van der Waals surface area contributed by atoms with Crippen molar-refractivity contribution >= 4 is 39.6 Å². The van der Waals surface area contributed by atoms with Gasteiger partial charge in [0.05, 0.1) is 78.5 Å². The van der Waals surface area contributed by atoms with Crippen molar-refractivity contribution in [2.24, 2.45) is 0 Å². The number of benzene rings is 6. The Bertz CT molecular complexity index is 2210. The number of hydrogen-bond acceptors (Lipinski definition) is 3. The normalized spacial score (nSPS) is 11.8. The maximum atomic E-state index is 8.42. The fourth-order valence-electron chi connectivity index (χ4n) is 11.8. The topological polar surface area (TPSA) is 69.2 Å². The van der Waals surface area contributed by atoms with Crippen LogP contribution in [0, 0.1) is 0 Å². The van der Waals surface area contributed by atoms with Crippen molar-refractivity contribution in [2.75, 3.05) is 78.5 Å². The van der Waals surface area contributed by atoms with Gasteiger partial charge in [0.15, 0.2) is 0 Å². The van der Waals surface area contributed by atoms with Crippen LogP contribution in [0.4, 0.5) is 0 Å². The van der Waals surface area contributed by atoms with Crippen LogP contribution in [-0.2, 0) is 57.8 Å². The van der Waals surface area contributed by atoms with Gasteiger partial charge in [0.2, 0.25) is 0 Å². The van der Waals surface area contributed by atoms with E-state index in [4.69, 9.17) is 15.1 Å². The Balaban J connectivity index is 0.000000278. The molecule has 0 bridgehead atoms. The van der Waals surface area contributed by atoms with Crippen LogP contribution in [0.15, 0.2) is 91.0 Å². The minimum atomic E-state index is -2.92. The fourth-order valence-corrected chi connectivity index (χ4v) is 11.8. The molecule has 0 unspecified atom stereocenters. The van der Waals surface area contributed by atoms with E-state index < -0.39 is 7.32 Å². The number of nitrogens with zero attached hydrogens (tertiary/aromatic N) is 3. The summed E-state index contributed by atoms with van der Waals surface area (Å²) < 4.78 is 3.68. The molecule has 7 heteroatoms. The van der Waals surface area contributed by atoms with Crippen molar-refractivity contribution < 1.29 is 28.5 Å². The molecule has 6 aromatic carbocycles. The average Bonchev–Trinajstić information content (AvgIpc) is 3.44. The number of hydrogen-bond donors (Lipinski definition) is 0. The Hall–Kier alpha value is -4.08. The molecule has 6 nitrogen and oxygen atoms in total. The standard InChI is InChI=1S/3C22H34N.BO3/c3*1-6-18-12-11-13-21-20(15-14-19(7-2)22(18)21)16-17-23(8-3,9-4)10-5;2-1(3)4/h3*11-15H,6-10,16-17H2,1-5H3;/q3*+1;-3. The molecule has 0 aliphatic rings. The highest BCUT2D eigenvalue weighted by atomic mass is 16.5. The Labute approximate surface area is 447 Å². The largest absolute Gasteiger partial charge is 0.907 e. The van der Waals surface area contributed by atoms with E-state index >= 15 is 0 Å². The van der Waals surface area contributed by atoms with Crippen molar-refractivity contribution in [3.8, 4) is 0 Å². The zero-order valence-electron chi connectivity index (χ0n) is 49.2. The van der Waals surface area contributed by atoms with E-state index in [0.717, 1.165) is 38.5 Å². The van der Waals surface area contributed by atoms with Crippen LogP contribution in [0.5, 0.6) is 0 Å². The Kier molecular flexibility index (Phi) is 27.5. The summed E-state index contributed by atoms with van der Waals surface area (Å²) in [5.74, 6) is 0. The molecule has 0 amide bonds. The van der Waals surface area contributed by atoms with Crippen LogP contribution in [0.1, 0.15) is 154 Å². The van der Waals surface area contributed by atoms with Gasteiger partial charge in [0.1, 0.15) is 0 Å². The Morgan fingerprint density at radius 1 is 0.274 bits per heavy atom. The third-order valence-electron chi connectivity index (χ3n) is 17.8. The highest BCUT2D eigenvalue weighted by molar-refractivity contribution is 6.24. The summed E-state index contributed by atoms with van der Waals surface area (Å²) in [5, 5.41) is 34.3. The average molecular weight is 996 g/mol. The lowest BCUT2D eigenvalue weighted by molar-refractivity contribution is -0.923. The lowest BCUT2D eigenvalue weighted by Gasteiger charge is -2.36. The van der Waals surface area contributed by atoms with Crippen LogP contribution in [0.3, 0.4) is 0 Å². The smallest absolute Gasteiger partial charge is 0.0827 e. The molecule has 73 heavy (non-hydrogen) atoms. The van der Waals surface area contributed by atoms with Crippen molar-refractivity contribution in [3.05, 3.63) is 141 Å². The van der Waals surface area contributed by atoms with Crippen molar-refractivity contribution in [3.63, 3.8) is 0 Å². The van der Waals surface area contributed by atoms with Gasteiger partial charge in [0, 0.05) is 19.3 Å². The van der Waals surface area contributed by atoms with Gasteiger partial charge in [-0.1, -0.05) is 133 Å². The molecule has 0 heterocycles. The molecule has 0 aliphatic carbocycles. The molecule has 402 valence electrons. The van der Waals surface area contributed by atoms with Gasteiger partial charge in [-0.15, -0.1) is 0 Å². The van der Waals surface area contributed by atoms with E-state index in [9.17, 15) is 0 Å². The number of likely N-dealkylation sites (N-methyl/N-ethyl adjacent to an activating group) is 3. The van der Waals surface area contributed by atoms with Crippen LogP contribution in [0.25, 0.3) is 32.3 Å². The van der Waals surface area contributed by atoms with Crippen LogP contribution in [0.2, 0.25) is 0 Å². The lowest BCUT2D eigenvalue weighted by atomic mass is 9.92. The van der Waals surface area contributed by atoms with E-state index in [2.05, 4.69) is 195 Å². The molecule has 0 aromatic heterocycles. The van der Waals surface area contributed by atoms with Gasteiger partial charge in [-0.25, -0.2) is 0 Å². The third kappa shape index (κ3) is 16.5. The summed E-state index contributed by atoms with van der Waals surface area (Å²) in [6.45, 7) is 49.5. The van der Waals surface area contributed by atoms with Crippen molar-refractivity contribution in [1.82, 2.24) is 0 Å². The SMILES string of the molecule is CCc1cccc2c(CC[N+](CC)(CC)CC)ccc(CC)c12.CCc1cccc2c(CC[N+](CC)(CC)CC)ccc(CC)c12.CCc1cccc2c(CC[N+](CC)(CC)CC)ccc(CC)c12.[O-]B([O-])[O-]. The molecule has 6 aromatic rings. The Morgan fingerprint density at radius 2 is 0.452 bits per heavy atom. The second-order valence-corrected chi connectivity index (χ2v) is 20.4. The zero-order chi connectivity index (χ0) is 54.2. The van der Waals surface area contributed by atoms with Gasteiger partial charge in [-0.2, -0.15) is 0 Å². The first-order valence-corrected chi connectivity index (χ1v) is 29.3. The van der Waals surface area contributed by atoms with E-state index in [-0.39, 0.29) is 0 Å².